The van der Waals surface area contributed by atoms with Crippen LogP contribution in [0.5, 0.6) is 0 Å². The number of aryl methyl sites for hydroxylation is 2. The normalized spacial score (nSPS) is 10.7. The van der Waals surface area contributed by atoms with Crippen molar-refractivity contribution in [3.8, 4) is 0 Å². The van der Waals surface area contributed by atoms with Crippen molar-refractivity contribution < 1.29 is 18.7 Å². The number of benzene rings is 2. The van der Waals surface area contributed by atoms with Crippen molar-refractivity contribution in [2.24, 2.45) is 0 Å². The second kappa shape index (κ2) is 6.98. The number of fused-ring (bicyclic) bond motifs is 1. The molecule has 1 amide bonds. The summed E-state index contributed by atoms with van der Waals surface area (Å²) < 4.78 is 19.3. The first-order valence-corrected chi connectivity index (χ1v) is 8.35. The number of carbonyl (C=O) groups is 2. The van der Waals surface area contributed by atoms with Crippen LogP contribution in [-0.4, -0.2) is 23.5 Å². The standard InChI is InChI=1S/C18H15FN2O3S/c1-10-7-11(2)16-14(8-10)25-18(21-16)20-15(22)9-24-17(23)12-5-3-4-6-13(12)19/h3-8H,9H2,1-2H3,(H,20,21,22). The third-order valence-corrected chi connectivity index (χ3v) is 4.42. The van der Waals surface area contributed by atoms with Gasteiger partial charge in [-0.15, -0.1) is 0 Å². The molecule has 0 saturated carbocycles. The number of nitrogens with zero attached hydrogens (tertiary/aromatic N) is 1. The van der Waals surface area contributed by atoms with Gasteiger partial charge in [0.1, 0.15) is 5.82 Å². The molecule has 0 radical (unpaired) electrons. The molecule has 0 bridgehead atoms. The number of halogens is 1. The summed E-state index contributed by atoms with van der Waals surface area (Å²) in [5.41, 5.74) is 2.76. The van der Waals surface area contributed by atoms with Crippen LogP contribution in [0.3, 0.4) is 0 Å². The Hall–Kier alpha value is -2.80. The highest BCUT2D eigenvalue weighted by Gasteiger charge is 2.15. The molecule has 128 valence electrons. The lowest BCUT2D eigenvalue weighted by atomic mass is 10.1. The van der Waals surface area contributed by atoms with E-state index < -0.39 is 24.3 Å². The zero-order valence-corrected chi connectivity index (χ0v) is 14.4. The fourth-order valence-electron chi connectivity index (χ4n) is 2.42. The molecule has 0 aliphatic carbocycles. The van der Waals surface area contributed by atoms with E-state index in [0.29, 0.717) is 5.13 Å². The number of esters is 1. The zero-order valence-electron chi connectivity index (χ0n) is 13.6. The molecular weight excluding hydrogens is 343 g/mol. The van der Waals surface area contributed by atoms with Gasteiger partial charge in [-0.1, -0.05) is 29.5 Å². The van der Waals surface area contributed by atoms with E-state index in [4.69, 9.17) is 4.74 Å². The van der Waals surface area contributed by atoms with Crippen molar-refractivity contribution in [1.29, 1.82) is 0 Å². The van der Waals surface area contributed by atoms with Crippen LogP contribution in [0.25, 0.3) is 10.2 Å². The first-order valence-electron chi connectivity index (χ1n) is 7.53. The number of carbonyl (C=O) groups excluding carboxylic acids is 2. The van der Waals surface area contributed by atoms with Gasteiger partial charge in [0.2, 0.25) is 0 Å². The second-order valence-electron chi connectivity index (χ2n) is 5.55. The van der Waals surface area contributed by atoms with Gasteiger partial charge in [-0.2, -0.15) is 0 Å². The minimum atomic E-state index is -0.885. The maximum Gasteiger partial charge on any atom is 0.341 e. The topological polar surface area (TPSA) is 68.3 Å². The molecule has 0 aliphatic rings. The van der Waals surface area contributed by atoms with Crippen molar-refractivity contribution >= 4 is 38.6 Å². The molecule has 1 heterocycles. The van der Waals surface area contributed by atoms with E-state index in [1.165, 1.54) is 29.5 Å². The molecule has 25 heavy (non-hydrogen) atoms. The summed E-state index contributed by atoms with van der Waals surface area (Å²) in [5, 5.41) is 3.02. The average molecular weight is 358 g/mol. The third-order valence-electron chi connectivity index (χ3n) is 3.50. The molecular formula is C18H15FN2O3S. The van der Waals surface area contributed by atoms with Crippen molar-refractivity contribution in [3.05, 3.63) is 58.9 Å². The van der Waals surface area contributed by atoms with Gasteiger partial charge in [-0.05, 0) is 43.2 Å². The minimum Gasteiger partial charge on any atom is -0.452 e. The molecule has 0 aliphatic heterocycles. The molecule has 2 aromatic carbocycles. The Morgan fingerprint density at radius 3 is 2.76 bits per heavy atom. The van der Waals surface area contributed by atoms with E-state index in [1.54, 1.807) is 0 Å². The second-order valence-corrected chi connectivity index (χ2v) is 6.58. The number of aromatic nitrogens is 1. The zero-order chi connectivity index (χ0) is 18.0. The number of amides is 1. The van der Waals surface area contributed by atoms with Gasteiger partial charge in [0.25, 0.3) is 5.91 Å². The Balaban J connectivity index is 1.64. The van der Waals surface area contributed by atoms with Crippen molar-refractivity contribution in [1.82, 2.24) is 4.98 Å². The van der Waals surface area contributed by atoms with E-state index in [0.717, 1.165) is 27.4 Å². The van der Waals surface area contributed by atoms with E-state index in [1.807, 2.05) is 26.0 Å². The quantitative estimate of drug-likeness (QED) is 0.720. The van der Waals surface area contributed by atoms with Gasteiger partial charge >= 0.3 is 5.97 Å². The summed E-state index contributed by atoms with van der Waals surface area (Å²) >= 11 is 1.34. The SMILES string of the molecule is Cc1cc(C)c2nc(NC(=O)COC(=O)c3ccccc3F)sc2c1. The fraction of sp³-hybridized carbons (Fsp3) is 0.167. The van der Waals surface area contributed by atoms with Crippen molar-refractivity contribution in [3.63, 3.8) is 0 Å². The monoisotopic (exact) mass is 358 g/mol. The molecule has 3 rings (SSSR count). The third kappa shape index (κ3) is 3.83. The van der Waals surface area contributed by atoms with Crippen LogP contribution in [-0.2, 0) is 9.53 Å². The first-order chi connectivity index (χ1) is 11.9. The molecule has 5 nitrogen and oxygen atoms in total. The van der Waals surface area contributed by atoms with Crippen molar-refractivity contribution in [2.45, 2.75) is 13.8 Å². The summed E-state index contributed by atoms with van der Waals surface area (Å²) in [6.07, 6.45) is 0. The maximum absolute atomic E-state index is 13.5. The van der Waals surface area contributed by atoms with Crippen LogP contribution in [0.15, 0.2) is 36.4 Å². The minimum absolute atomic E-state index is 0.207. The Morgan fingerprint density at radius 2 is 2.00 bits per heavy atom. The molecule has 0 atom stereocenters. The van der Waals surface area contributed by atoms with E-state index in [9.17, 15) is 14.0 Å². The number of rotatable bonds is 4. The fourth-order valence-corrected chi connectivity index (χ4v) is 3.47. The number of hydrogen-bond donors (Lipinski definition) is 1. The van der Waals surface area contributed by atoms with Gasteiger partial charge in [0.05, 0.1) is 15.8 Å². The molecule has 3 aromatic rings. The first kappa shape index (κ1) is 17.0. The van der Waals surface area contributed by atoms with Crippen LogP contribution < -0.4 is 5.32 Å². The van der Waals surface area contributed by atoms with Crippen LogP contribution in [0.4, 0.5) is 9.52 Å². The number of thiazole rings is 1. The Morgan fingerprint density at radius 1 is 1.24 bits per heavy atom. The molecule has 1 aromatic heterocycles. The van der Waals surface area contributed by atoms with Crippen LogP contribution in [0, 0.1) is 19.7 Å². The molecule has 0 fully saturated rings. The lowest BCUT2D eigenvalue weighted by Gasteiger charge is -2.05. The summed E-state index contributed by atoms with van der Waals surface area (Å²) in [4.78, 5) is 28.1. The smallest absolute Gasteiger partial charge is 0.341 e. The molecule has 1 N–H and O–H groups in total. The van der Waals surface area contributed by atoms with Gasteiger partial charge < -0.3 is 4.74 Å². The summed E-state index contributed by atoms with van der Waals surface area (Å²) in [5.74, 6) is -2.10. The Labute approximate surface area is 147 Å². The highest BCUT2D eigenvalue weighted by atomic mass is 32.1. The van der Waals surface area contributed by atoms with Gasteiger partial charge in [-0.3, -0.25) is 10.1 Å². The predicted octanol–water partition coefficient (Wildman–Crippen LogP) is 3.85. The lowest BCUT2D eigenvalue weighted by Crippen LogP contribution is -2.21. The van der Waals surface area contributed by atoms with Gasteiger partial charge in [0.15, 0.2) is 11.7 Å². The highest BCUT2D eigenvalue weighted by molar-refractivity contribution is 7.22. The number of ether oxygens (including phenoxy) is 1. The summed E-state index contributed by atoms with van der Waals surface area (Å²) in [6.45, 7) is 3.44. The summed E-state index contributed by atoms with van der Waals surface area (Å²) in [6, 6.07) is 9.45. The van der Waals surface area contributed by atoms with Crippen molar-refractivity contribution in [2.75, 3.05) is 11.9 Å². The average Bonchev–Trinajstić information content (AvgIpc) is 2.95. The molecule has 0 saturated heterocycles. The van der Waals surface area contributed by atoms with Crippen LogP contribution in [0.2, 0.25) is 0 Å². The largest absolute Gasteiger partial charge is 0.452 e. The number of hydrogen-bond acceptors (Lipinski definition) is 5. The van der Waals surface area contributed by atoms with Gasteiger partial charge in [0, 0.05) is 0 Å². The van der Waals surface area contributed by atoms with Crippen LogP contribution >= 0.6 is 11.3 Å². The number of nitrogens with one attached hydrogen (secondary N) is 1. The van der Waals surface area contributed by atoms with E-state index in [-0.39, 0.29) is 5.56 Å². The Kier molecular flexibility index (Phi) is 4.76. The molecule has 0 unspecified atom stereocenters. The lowest BCUT2D eigenvalue weighted by molar-refractivity contribution is -0.119. The highest BCUT2D eigenvalue weighted by Crippen LogP contribution is 2.29. The maximum atomic E-state index is 13.5. The number of anilines is 1. The van der Waals surface area contributed by atoms with E-state index >= 15 is 0 Å². The van der Waals surface area contributed by atoms with E-state index in [2.05, 4.69) is 10.3 Å². The molecule has 0 spiro atoms. The van der Waals surface area contributed by atoms with Gasteiger partial charge in [-0.25, -0.2) is 14.2 Å². The summed E-state index contributed by atoms with van der Waals surface area (Å²) in [7, 11) is 0. The Bertz CT molecular complexity index is 968. The van der Waals surface area contributed by atoms with Crippen LogP contribution in [0.1, 0.15) is 21.5 Å². The predicted molar refractivity (Wildman–Crippen MR) is 94.4 cm³/mol. The molecule has 7 heteroatoms.